The van der Waals surface area contributed by atoms with Gasteiger partial charge in [-0.05, 0) is 19.9 Å². The molecule has 1 saturated carbocycles. The summed E-state index contributed by atoms with van der Waals surface area (Å²) in [7, 11) is 3.34. The van der Waals surface area contributed by atoms with Crippen LogP contribution >= 0.6 is 0 Å². The molecule has 2 fully saturated rings. The quantitative estimate of drug-likeness (QED) is 0.720. The van der Waals surface area contributed by atoms with Crippen molar-refractivity contribution < 1.29 is 14.4 Å². The highest BCUT2D eigenvalue weighted by Gasteiger charge is 2.39. The highest BCUT2D eigenvalue weighted by molar-refractivity contribution is 6.06. The molecule has 20 heavy (non-hydrogen) atoms. The van der Waals surface area contributed by atoms with E-state index < -0.39 is 6.04 Å². The number of imide groups is 1. The van der Waals surface area contributed by atoms with Crippen LogP contribution in [0.2, 0.25) is 0 Å². The standard InChI is InChI=1S/C14H23N3O3/c1-15-14(6-4-3-5-7-14)9-11(18)16-10-8-12(19)17(2)13(10)20/h10,15H,3-9H2,1-2H3,(H,16,18). The van der Waals surface area contributed by atoms with E-state index in [-0.39, 0.29) is 29.7 Å². The molecular weight excluding hydrogens is 258 g/mol. The molecule has 1 saturated heterocycles. The van der Waals surface area contributed by atoms with Crippen molar-refractivity contribution in [1.82, 2.24) is 15.5 Å². The van der Waals surface area contributed by atoms with Gasteiger partial charge in [0.2, 0.25) is 11.8 Å². The molecule has 1 aliphatic carbocycles. The molecule has 112 valence electrons. The minimum atomic E-state index is -0.683. The molecular formula is C14H23N3O3. The van der Waals surface area contributed by atoms with Gasteiger partial charge >= 0.3 is 0 Å². The van der Waals surface area contributed by atoms with E-state index in [2.05, 4.69) is 10.6 Å². The first-order valence-corrected chi connectivity index (χ1v) is 7.26. The summed E-state index contributed by atoms with van der Waals surface area (Å²) in [5, 5.41) is 5.98. The lowest BCUT2D eigenvalue weighted by atomic mass is 9.79. The Bertz CT molecular complexity index is 416. The molecule has 0 radical (unpaired) electrons. The van der Waals surface area contributed by atoms with Crippen LogP contribution in [0.1, 0.15) is 44.9 Å². The minimum absolute atomic E-state index is 0.0770. The van der Waals surface area contributed by atoms with Gasteiger partial charge in [-0.2, -0.15) is 0 Å². The number of rotatable bonds is 4. The summed E-state index contributed by atoms with van der Waals surface area (Å²) in [4.78, 5) is 36.4. The van der Waals surface area contributed by atoms with Crippen molar-refractivity contribution in [2.45, 2.75) is 56.5 Å². The molecule has 0 aromatic rings. The van der Waals surface area contributed by atoms with Crippen LogP contribution in [0.15, 0.2) is 0 Å². The summed E-state index contributed by atoms with van der Waals surface area (Å²) < 4.78 is 0. The Morgan fingerprint density at radius 2 is 1.95 bits per heavy atom. The number of likely N-dealkylation sites (N-methyl/N-ethyl adjacent to an activating group) is 1. The van der Waals surface area contributed by atoms with E-state index in [9.17, 15) is 14.4 Å². The number of carbonyl (C=O) groups excluding carboxylic acids is 3. The number of nitrogens with zero attached hydrogens (tertiary/aromatic N) is 1. The van der Waals surface area contributed by atoms with Gasteiger partial charge in [0.25, 0.3) is 5.91 Å². The van der Waals surface area contributed by atoms with Crippen molar-refractivity contribution >= 4 is 17.7 Å². The number of hydrogen-bond donors (Lipinski definition) is 2. The predicted octanol–water partition coefficient (Wildman–Crippen LogP) is 0.172. The van der Waals surface area contributed by atoms with Crippen LogP contribution in [0.3, 0.4) is 0 Å². The van der Waals surface area contributed by atoms with Gasteiger partial charge in [-0.15, -0.1) is 0 Å². The van der Waals surface area contributed by atoms with Gasteiger partial charge in [-0.3, -0.25) is 19.3 Å². The maximum atomic E-state index is 12.2. The molecule has 1 aliphatic heterocycles. The van der Waals surface area contributed by atoms with Crippen LogP contribution in [0, 0.1) is 0 Å². The lowest BCUT2D eigenvalue weighted by Crippen LogP contribution is -2.50. The summed E-state index contributed by atoms with van der Waals surface area (Å²) in [6.45, 7) is 0. The monoisotopic (exact) mass is 281 g/mol. The molecule has 6 heteroatoms. The summed E-state index contributed by atoms with van der Waals surface area (Å²) in [5.41, 5.74) is -0.153. The smallest absolute Gasteiger partial charge is 0.252 e. The summed E-state index contributed by atoms with van der Waals surface area (Å²) in [5.74, 6) is -0.700. The minimum Gasteiger partial charge on any atom is -0.344 e. The first-order valence-electron chi connectivity index (χ1n) is 7.26. The van der Waals surface area contributed by atoms with E-state index in [0.29, 0.717) is 6.42 Å². The van der Waals surface area contributed by atoms with E-state index in [1.807, 2.05) is 7.05 Å². The Kier molecular flexibility index (Phi) is 4.42. The van der Waals surface area contributed by atoms with Crippen LogP contribution < -0.4 is 10.6 Å². The molecule has 1 atom stereocenters. The molecule has 0 bridgehead atoms. The molecule has 1 heterocycles. The van der Waals surface area contributed by atoms with Crippen LogP contribution in [0.25, 0.3) is 0 Å². The largest absolute Gasteiger partial charge is 0.344 e. The van der Waals surface area contributed by atoms with E-state index in [1.54, 1.807) is 0 Å². The molecule has 1 unspecified atom stereocenters. The van der Waals surface area contributed by atoms with Gasteiger partial charge in [-0.1, -0.05) is 19.3 Å². The van der Waals surface area contributed by atoms with Crippen molar-refractivity contribution in [2.24, 2.45) is 0 Å². The van der Waals surface area contributed by atoms with Crippen molar-refractivity contribution in [3.8, 4) is 0 Å². The van der Waals surface area contributed by atoms with E-state index in [0.717, 1.165) is 30.6 Å². The van der Waals surface area contributed by atoms with Gasteiger partial charge in [0.1, 0.15) is 6.04 Å². The Balaban J connectivity index is 1.92. The van der Waals surface area contributed by atoms with Crippen molar-refractivity contribution in [3.63, 3.8) is 0 Å². The fraction of sp³-hybridized carbons (Fsp3) is 0.786. The third-order valence-corrected chi connectivity index (χ3v) is 4.56. The molecule has 6 nitrogen and oxygen atoms in total. The molecule has 2 rings (SSSR count). The van der Waals surface area contributed by atoms with Gasteiger partial charge in [0, 0.05) is 19.0 Å². The number of carbonyl (C=O) groups is 3. The zero-order chi connectivity index (χ0) is 14.8. The maximum Gasteiger partial charge on any atom is 0.252 e. The molecule has 0 aromatic carbocycles. The number of hydrogen-bond acceptors (Lipinski definition) is 4. The summed E-state index contributed by atoms with van der Waals surface area (Å²) in [6.07, 6.45) is 5.86. The summed E-state index contributed by atoms with van der Waals surface area (Å²) in [6, 6.07) is -0.683. The number of nitrogens with one attached hydrogen (secondary N) is 2. The van der Waals surface area contributed by atoms with Gasteiger partial charge in [0.15, 0.2) is 0 Å². The first kappa shape index (κ1) is 15.0. The van der Waals surface area contributed by atoms with Gasteiger partial charge in [-0.25, -0.2) is 0 Å². The zero-order valence-electron chi connectivity index (χ0n) is 12.2. The highest BCUT2D eigenvalue weighted by Crippen LogP contribution is 2.30. The molecule has 2 N–H and O–H groups in total. The third-order valence-electron chi connectivity index (χ3n) is 4.56. The van der Waals surface area contributed by atoms with Gasteiger partial charge in [0.05, 0.1) is 6.42 Å². The average Bonchev–Trinajstić information content (AvgIpc) is 2.67. The predicted molar refractivity (Wildman–Crippen MR) is 73.8 cm³/mol. The van der Waals surface area contributed by atoms with Gasteiger partial charge < -0.3 is 10.6 Å². The Morgan fingerprint density at radius 3 is 2.45 bits per heavy atom. The molecule has 0 aromatic heterocycles. The van der Waals surface area contributed by atoms with E-state index in [1.165, 1.54) is 13.5 Å². The van der Waals surface area contributed by atoms with E-state index in [4.69, 9.17) is 0 Å². The second-order valence-corrected chi connectivity index (χ2v) is 5.88. The SMILES string of the molecule is CNC1(CC(=O)NC2CC(=O)N(C)C2=O)CCCCC1. The fourth-order valence-corrected chi connectivity index (χ4v) is 3.16. The normalized spacial score (nSPS) is 25.9. The van der Waals surface area contributed by atoms with Crippen LogP contribution in [-0.4, -0.2) is 48.3 Å². The van der Waals surface area contributed by atoms with Crippen molar-refractivity contribution in [2.75, 3.05) is 14.1 Å². The Morgan fingerprint density at radius 1 is 1.30 bits per heavy atom. The number of amides is 3. The average molecular weight is 281 g/mol. The van der Waals surface area contributed by atoms with Crippen molar-refractivity contribution in [1.29, 1.82) is 0 Å². The van der Waals surface area contributed by atoms with E-state index >= 15 is 0 Å². The second kappa shape index (κ2) is 5.91. The lowest BCUT2D eigenvalue weighted by molar-refractivity contribution is -0.138. The maximum absolute atomic E-state index is 12.2. The van der Waals surface area contributed by atoms with Crippen molar-refractivity contribution in [3.05, 3.63) is 0 Å². The first-order chi connectivity index (χ1) is 9.47. The third kappa shape index (κ3) is 3.00. The topological polar surface area (TPSA) is 78.5 Å². The fourth-order valence-electron chi connectivity index (χ4n) is 3.16. The lowest BCUT2D eigenvalue weighted by Gasteiger charge is -2.36. The summed E-state index contributed by atoms with van der Waals surface area (Å²) >= 11 is 0. The molecule has 0 spiro atoms. The zero-order valence-corrected chi connectivity index (χ0v) is 12.2. The second-order valence-electron chi connectivity index (χ2n) is 5.88. The highest BCUT2D eigenvalue weighted by atomic mass is 16.2. The molecule has 2 aliphatic rings. The Hall–Kier alpha value is -1.43. The Labute approximate surface area is 119 Å². The molecule has 3 amide bonds. The number of likely N-dealkylation sites (tertiary alicyclic amines) is 1. The van der Waals surface area contributed by atoms with Crippen LogP contribution in [0.4, 0.5) is 0 Å². The van der Waals surface area contributed by atoms with Crippen LogP contribution in [-0.2, 0) is 14.4 Å². The van der Waals surface area contributed by atoms with Crippen LogP contribution in [0.5, 0.6) is 0 Å².